The normalized spacial score (nSPS) is 13.6. The van der Waals surface area contributed by atoms with Gasteiger partial charge in [0.25, 0.3) is 0 Å². The Morgan fingerprint density at radius 2 is 0.463 bits per heavy atom. The molecule has 0 unspecified atom stereocenters. The van der Waals surface area contributed by atoms with Gasteiger partial charge in [-0.1, -0.05) is 191 Å². The maximum atomic E-state index is 4.93. The van der Waals surface area contributed by atoms with Crippen LogP contribution in [0.15, 0.2) is 0 Å². The fourth-order valence-electron chi connectivity index (χ4n) is 3.54. The maximum Gasteiger partial charge on any atom is 4.00 e. The fourth-order valence-corrected chi connectivity index (χ4v) is 3.54. The van der Waals surface area contributed by atoms with Crippen LogP contribution in [0.1, 0.15) is 204 Å². The van der Waals surface area contributed by atoms with Crippen molar-refractivity contribution in [3.05, 3.63) is 43.6 Å². The Hall–Kier alpha value is 2.35. The van der Waals surface area contributed by atoms with E-state index in [4.69, 9.17) is 17.0 Å². The Morgan fingerprint density at radius 3 is 0.488 bits per heavy atom. The van der Waals surface area contributed by atoms with Crippen LogP contribution in [0.3, 0.4) is 0 Å². The van der Waals surface area contributed by atoms with Gasteiger partial charge in [-0.3, -0.25) is 0 Å². The Labute approximate surface area is 309 Å². The summed E-state index contributed by atoms with van der Waals surface area (Å²) in [6, 6.07) is 0. The molecule has 4 rings (SSSR count). The van der Waals surface area contributed by atoms with Crippen LogP contribution in [-0.2, 0) is 47.1 Å². The second-order valence-electron chi connectivity index (χ2n) is 8.85. The molecule has 258 valence electrons. The van der Waals surface area contributed by atoms with Crippen molar-refractivity contribution in [3.8, 4) is 0 Å². The van der Waals surface area contributed by atoms with Crippen LogP contribution < -0.4 is 0 Å². The summed E-state index contributed by atoms with van der Waals surface area (Å²) in [5.41, 5.74) is 0. The summed E-state index contributed by atoms with van der Waals surface area (Å²) in [5, 5.41) is 0. The molecule has 0 spiro atoms. The zero-order valence-electron chi connectivity index (χ0n) is 28.1. The topological polar surface area (TPSA) is 0 Å². The monoisotopic (exact) mass is 782 g/mol. The van der Waals surface area contributed by atoms with Gasteiger partial charge in [0.15, 0.2) is 0 Å². The number of rotatable bonds is 2. The van der Waals surface area contributed by atoms with Crippen molar-refractivity contribution < 1.29 is 47.1 Å². The number of hydrogen-bond acceptors (Lipinski definition) is 0. The van der Waals surface area contributed by atoms with Gasteiger partial charge in [0.05, 0.1) is 0 Å². The van der Waals surface area contributed by atoms with E-state index in [0.717, 1.165) is 12.8 Å². The molecule has 41 heavy (non-hydrogen) atoms. The molecule has 0 amide bonds. The Morgan fingerprint density at radius 1 is 0.415 bits per heavy atom. The second kappa shape index (κ2) is 96.8. The van der Waals surface area contributed by atoms with E-state index in [2.05, 4.69) is 27.7 Å². The minimum atomic E-state index is -0.826. The van der Waals surface area contributed by atoms with Crippen molar-refractivity contribution in [1.29, 1.82) is 0 Å². The van der Waals surface area contributed by atoms with Crippen molar-refractivity contribution in [2.45, 2.75) is 204 Å². The summed E-state index contributed by atoms with van der Waals surface area (Å²) in [6.45, 7) is 15.4. The minimum absolute atomic E-state index is 0. The molecule has 0 aromatic carbocycles. The second-order valence-corrected chi connectivity index (χ2v) is 12.6. The standard InChI is InChI=1S/4C5H10.2C4H9.C2H6.3CH4.4CH3.2ClH.2Zr/c4*1-2-4-5-3-1;2*1-3-4-2;1-2;;;;;;;;;;;/h4*1-5H2;2*1,3-4H2,2H3;1-2H3;3*1H4;4*1H3;2*1H;;/q;;;;2*-1;;;;;4*-1;;;2*+4/p-2. The molecule has 0 aromatic heterocycles. The molecular formula is C37H88Cl2Zr2. The first kappa shape index (κ1) is 79.1. The number of hydrogen-bond donors (Lipinski definition) is 0. The number of unbranched alkanes of at least 4 members (excludes halogenated alkanes) is 2. The van der Waals surface area contributed by atoms with E-state index in [0.29, 0.717) is 0 Å². The van der Waals surface area contributed by atoms with Gasteiger partial charge in [-0.2, -0.15) is 12.8 Å². The molecule has 0 heterocycles. The molecule has 0 radical (unpaired) electrons. The van der Waals surface area contributed by atoms with Gasteiger partial charge < -0.3 is 43.6 Å². The first-order chi connectivity index (χ1) is 16.2. The molecule has 0 nitrogen and oxygen atoms in total. The van der Waals surface area contributed by atoms with E-state index in [1.807, 2.05) is 13.8 Å². The maximum absolute atomic E-state index is 4.93. The zero-order chi connectivity index (χ0) is 25.7. The predicted octanol–water partition coefficient (Wildman–Crippen LogP) is 17.2. The largest absolute Gasteiger partial charge is 4.00 e. The molecular weight excluding hydrogens is 698 g/mol. The smallest absolute Gasteiger partial charge is 4.00 e. The molecule has 0 saturated heterocycles. The van der Waals surface area contributed by atoms with Gasteiger partial charge in [0.2, 0.25) is 0 Å². The first-order valence-electron chi connectivity index (χ1n) is 14.8. The SMILES string of the molecule is C.C.C.C1CCCC1.C1CCCC1.C1CCCC1.C1CCCC1.CC.[CH2-]CCC.[CH2-]CCC.[CH3-].[CH3-].[CH3-].[CH3-].[Cl][Zr+2][Cl].[Zr+4]. The first-order valence-corrected chi connectivity index (χ1v) is 21.1. The summed E-state index contributed by atoms with van der Waals surface area (Å²) in [7, 11) is 9.87. The van der Waals surface area contributed by atoms with E-state index >= 15 is 0 Å². The molecule has 0 N–H and O–H groups in total. The molecule has 0 aliphatic heterocycles. The molecule has 4 aliphatic carbocycles. The average molecular weight is 786 g/mol. The van der Waals surface area contributed by atoms with Crippen molar-refractivity contribution in [3.63, 3.8) is 0 Å². The van der Waals surface area contributed by atoms with Gasteiger partial charge in [-0.15, -0.1) is 0 Å². The van der Waals surface area contributed by atoms with E-state index < -0.39 is 20.8 Å². The molecule has 4 heteroatoms. The van der Waals surface area contributed by atoms with Crippen molar-refractivity contribution >= 4 is 17.0 Å². The minimum Gasteiger partial charge on any atom is 4.00 e. The molecule has 0 atom stereocenters. The molecule has 4 aliphatic rings. The van der Waals surface area contributed by atoms with Gasteiger partial charge >= 0.3 is 64.1 Å². The van der Waals surface area contributed by atoms with Crippen LogP contribution in [0.4, 0.5) is 0 Å². The van der Waals surface area contributed by atoms with Crippen LogP contribution in [0.25, 0.3) is 0 Å². The molecule has 4 saturated carbocycles. The van der Waals surface area contributed by atoms with Gasteiger partial charge in [0.1, 0.15) is 0 Å². The van der Waals surface area contributed by atoms with E-state index in [1.165, 1.54) is 141 Å². The van der Waals surface area contributed by atoms with Gasteiger partial charge in [-0.25, -0.2) is 0 Å². The third kappa shape index (κ3) is 116. The zero-order valence-corrected chi connectivity index (χ0v) is 34.6. The van der Waals surface area contributed by atoms with Gasteiger partial charge in [-0.05, 0) is 0 Å². The Balaban J connectivity index is -0.0000000231. The van der Waals surface area contributed by atoms with Crippen LogP contribution in [0.5, 0.6) is 0 Å². The summed E-state index contributed by atoms with van der Waals surface area (Å²) < 4.78 is 0. The van der Waals surface area contributed by atoms with Crippen molar-refractivity contribution in [2.75, 3.05) is 0 Å². The third-order valence-electron chi connectivity index (χ3n) is 5.71. The molecule has 4 fully saturated rings. The molecule has 0 aromatic rings. The van der Waals surface area contributed by atoms with E-state index in [1.54, 1.807) is 0 Å². The van der Waals surface area contributed by atoms with Crippen molar-refractivity contribution in [1.82, 2.24) is 0 Å². The van der Waals surface area contributed by atoms with Crippen molar-refractivity contribution in [2.24, 2.45) is 0 Å². The van der Waals surface area contributed by atoms with Crippen LogP contribution >= 0.6 is 17.0 Å². The Kier molecular flexibility index (Phi) is 187. The third-order valence-corrected chi connectivity index (χ3v) is 5.71. The summed E-state index contributed by atoms with van der Waals surface area (Å²) in [6.07, 6.45) is 34.6. The van der Waals surface area contributed by atoms with Crippen LogP contribution in [0, 0.1) is 43.6 Å². The van der Waals surface area contributed by atoms with Crippen LogP contribution in [-0.4, -0.2) is 0 Å². The Bertz CT molecular complexity index is 161. The quantitative estimate of drug-likeness (QED) is 0.245. The van der Waals surface area contributed by atoms with Crippen LogP contribution in [0.2, 0.25) is 0 Å². The number of halogens is 2. The molecule has 0 bridgehead atoms. The van der Waals surface area contributed by atoms with E-state index in [9.17, 15) is 0 Å². The van der Waals surface area contributed by atoms with E-state index in [-0.39, 0.29) is 78.2 Å². The summed E-state index contributed by atoms with van der Waals surface area (Å²) >= 11 is -0.826. The summed E-state index contributed by atoms with van der Waals surface area (Å²) in [5.74, 6) is 0. The van der Waals surface area contributed by atoms with Gasteiger partial charge in [0, 0.05) is 0 Å². The fraction of sp³-hybridized carbons (Fsp3) is 0.838. The average Bonchev–Trinajstić information content (AvgIpc) is 3.72. The predicted molar refractivity (Wildman–Crippen MR) is 202 cm³/mol. The summed E-state index contributed by atoms with van der Waals surface area (Å²) in [4.78, 5) is 0.